The zero-order valence-electron chi connectivity index (χ0n) is 9.59. The summed E-state index contributed by atoms with van der Waals surface area (Å²) in [6.07, 6.45) is 4.09. The topological polar surface area (TPSA) is 0 Å². The molecular formula is C15H18. The molecule has 0 spiro atoms. The first kappa shape index (κ1) is 9.21. The molecule has 1 aromatic rings. The van der Waals surface area contributed by atoms with Gasteiger partial charge in [-0.15, -0.1) is 0 Å². The molecule has 0 N–H and O–H groups in total. The second kappa shape index (κ2) is 3.23. The molecule has 0 aromatic heterocycles. The molecule has 0 saturated heterocycles. The summed E-state index contributed by atoms with van der Waals surface area (Å²) < 4.78 is 0. The van der Waals surface area contributed by atoms with Crippen molar-refractivity contribution in [1.82, 2.24) is 0 Å². The molecule has 1 aromatic carbocycles. The fourth-order valence-corrected chi connectivity index (χ4v) is 3.47. The number of hydrogen-bond donors (Lipinski definition) is 0. The Morgan fingerprint density at radius 1 is 1.20 bits per heavy atom. The van der Waals surface area contributed by atoms with Crippen molar-refractivity contribution in [2.45, 2.75) is 39.0 Å². The summed E-state index contributed by atoms with van der Waals surface area (Å²) in [7, 11) is 0. The van der Waals surface area contributed by atoms with Crippen LogP contribution >= 0.6 is 0 Å². The molecule has 78 valence electrons. The Balaban J connectivity index is 2.23. The normalized spacial score (nSPS) is 28.9. The molecule has 2 atom stereocenters. The molecule has 0 saturated carbocycles. The molecule has 2 aliphatic carbocycles. The molecular weight excluding hydrogens is 180 g/mol. The largest absolute Gasteiger partial charge is 0.0692 e. The van der Waals surface area contributed by atoms with Crippen LogP contribution in [-0.2, 0) is 0 Å². The number of hydrogen-bond acceptors (Lipinski definition) is 0. The molecule has 0 bridgehead atoms. The van der Waals surface area contributed by atoms with Gasteiger partial charge in [-0.25, -0.2) is 0 Å². The SMILES string of the molecule is CC1=C2c3ccccc3[C@@H](C)[C@@H]2CCC1. The molecule has 0 aliphatic heterocycles. The Labute approximate surface area is 92.0 Å². The summed E-state index contributed by atoms with van der Waals surface area (Å²) in [5.41, 5.74) is 6.46. The van der Waals surface area contributed by atoms with Crippen LogP contribution in [0.4, 0.5) is 0 Å². The van der Waals surface area contributed by atoms with Crippen LogP contribution in [-0.4, -0.2) is 0 Å². The maximum Gasteiger partial charge on any atom is -0.00899 e. The number of rotatable bonds is 0. The Kier molecular flexibility index (Phi) is 1.98. The number of allylic oxidation sites excluding steroid dienone is 2. The summed E-state index contributed by atoms with van der Waals surface area (Å²) in [6.45, 7) is 4.73. The van der Waals surface area contributed by atoms with Gasteiger partial charge in [0.1, 0.15) is 0 Å². The number of benzene rings is 1. The van der Waals surface area contributed by atoms with Crippen LogP contribution in [0.3, 0.4) is 0 Å². The van der Waals surface area contributed by atoms with Gasteiger partial charge in [-0.3, -0.25) is 0 Å². The van der Waals surface area contributed by atoms with E-state index in [1.165, 1.54) is 19.3 Å². The monoisotopic (exact) mass is 198 g/mol. The van der Waals surface area contributed by atoms with E-state index < -0.39 is 0 Å². The Morgan fingerprint density at radius 3 is 2.87 bits per heavy atom. The fourth-order valence-electron chi connectivity index (χ4n) is 3.47. The molecule has 0 amide bonds. The highest BCUT2D eigenvalue weighted by molar-refractivity contribution is 5.78. The van der Waals surface area contributed by atoms with Crippen LogP contribution in [0, 0.1) is 5.92 Å². The van der Waals surface area contributed by atoms with Crippen molar-refractivity contribution < 1.29 is 0 Å². The minimum absolute atomic E-state index is 0.742. The second-order valence-electron chi connectivity index (χ2n) is 5.07. The summed E-state index contributed by atoms with van der Waals surface area (Å²) in [4.78, 5) is 0. The summed E-state index contributed by atoms with van der Waals surface area (Å²) in [5, 5.41) is 0. The first-order chi connectivity index (χ1) is 7.29. The molecule has 2 aliphatic rings. The quantitative estimate of drug-likeness (QED) is 0.580. The summed E-state index contributed by atoms with van der Waals surface area (Å²) >= 11 is 0. The molecule has 15 heavy (non-hydrogen) atoms. The van der Waals surface area contributed by atoms with Crippen LogP contribution in [0.2, 0.25) is 0 Å². The van der Waals surface area contributed by atoms with Gasteiger partial charge in [-0.2, -0.15) is 0 Å². The van der Waals surface area contributed by atoms with Crippen LogP contribution < -0.4 is 0 Å². The zero-order chi connectivity index (χ0) is 10.4. The van der Waals surface area contributed by atoms with Crippen LogP contribution in [0.5, 0.6) is 0 Å². The smallest absolute Gasteiger partial charge is 0.00899 e. The van der Waals surface area contributed by atoms with Gasteiger partial charge >= 0.3 is 0 Å². The highest BCUT2D eigenvalue weighted by atomic mass is 14.4. The lowest BCUT2D eigenvalue weighted by Crippen LogP contribution is -2.09. The zero-order valence-corrected chi connectivity index (χ0v) is 9.59. The van der Waals surface area contributed by atoms with E-state index >= 15 is 0 Å². The van der Waals surface area contributed by atoms with Gasteiger partial charge in [-0.05, 0) is 54.7 Å². The lowest BCUT2D eigenvalue weighted by molar-refractivity contribution is 0.497. The van der Waals surface area contributed by atoms with Gasteiger partial charge in [0.15, 0.2) is 0 Å². The van der Waals surface area contributed by atoms with Crippen molar-refractivity contribution >= 4 is 5.57 Å². The maximum absolute atomic E-state index is 2.40. The van der Waals surface area contributed by atoms with Gasteiger partial charge < -0.3 is 0 Å². The van der Waals surface area contributed by atoms with Gasteiger partial charge in [-0.1, -0.05) is 36.8 Å². The average molecular weight is 198 g/mol. The molecule has 0 nitrogen and oxygen atoms in total. The highest BCUT2D eigenvalue weighted by Gasteiger charge is 2.35. The number of fused-ring (bicyclic) bond motifs is 3. The molecule has 0 heterocycles. The summed E-state index contributed by atoms with van der Waals surface area (Å²) in [6, 6.07) is 9.00. The molecule has 0 fully saturated rings. The molecule has 0 radical (unpaired) electrons. The summed E-state index contributed by atoms with van der Waals surface area (Å²) in [5.74, 6) is 1.56. The van der Waals surface area contributed by atoms with Crippen molar-refractivity contribution in [3.05, 3.63) is 41.0 Å². The predicted molar refractivity (Wildman–Crippen MR) is 64.8 cm³/mol. The van der Waals surface area contributed by atoms with E-state index in [1.807, 2.05) is 0 Å². The first-order valence-corrected chi connectivity index (χ1v) is 6.08. The van der Waals surface area contributed by atoms with E-state index in [1.54, 1.807) is 22.3 Å². The van der Waals surface area contributed by atoms with Crippen molar-refractivity contribution in [1.29, 1.82) is 0 Å². The van der Waals surface area contributed by atoms with Crippen molar-refractivity contribution in [2.75, 3.05) is 0 Å². The van der Waals surface area contributed by atoms with E-state index in [2.05, 4.69) is 38.1 Å². The van der Waals surface area contributed by atoms with E-state index in [0.717, 1.165) is 11.8 Å². The van der Waals surface area contributed by atoms with Crippen molar-refractivity contribution in [3.63, 3.8) is 0 Å². The second-order valence-corrected chi connectivity index (χ2v) is 5.07. The minimum Gasteiger partial charge on any atom is -0.0692 e. The van der Waals surface area contributed by atoms with Crippen molar-refractivity contribution in [2.24, 2.45) is 5.92 Å². The van der Waals surface area contributed by atoms with Gasteiger partial charge in [0.25, 0.3) is 0 Å². The third-order valence-electron chi connectivity index (χ3n) is 4.24. The van der Waals surface area contributed by atoms with Gasteiger partial charge in [0, 0.05) is 0 Å². The van der Waals surface area contributed by atoms with Gasteiger partial charge in [0.2, 0.25) is 0 Å². The van der Waals surface area contributed by atoms with E-state index in [4.69, 9.17) is 0 Å². The Morgan fingerprint density at radius 2 is 2.00 bits per heavy atom. The van der Waals surface area contributed by atoms with Crippen LogP contribution in [0.15, 0.2) is 29.8 Å². The molecule has 0 unspecified atom stereocenters. The van der Waals surface area contributed by atoms with Crippen LogP contribution in [0.1, 0.15) is 50.2 Å². The highest BCUT2D eigenvalue weighted by Crippen LogP contribution is 2.51. The maximum atomic E-state index is 2.40. The van der Waals surface area contributed by atoms with Crippen LogP contribution in [0.25, 0.3) is 5.57 Å². The molecule has 3 rings (SSSR count). The Bertz CT molecular complexity index is 425. The minimum atomic E-state index is 0.742. The third-order valence-corrected chi connectivity index (χ3v) is 4.24. The van der Waals surface area contributed by atoms with E-state index in [9.17, 15) is 0 Å². The lowest BCUT2D eigenvalue weighted by Gasteiger charge is -2.24. The predicted octanol–water partition coefficient (Wildman–Crippen LogP) is 4.38. The Hall–Kier alpha value is -1.04. The average Bonchev–Trinajstić information content (AvgIpc) is 2.55. The van der Waals surface area contributed by atoms with Crippen molar-refractivity contribution in [3.8, 4) is 0 Å². The van der Waals surface area contributed by atoms with E-state index in [-0.39, 0.29) is 0 Å². The fraction of sp³-hybridized carbons (Fsp3) is 0.467. The molecule has 0 heteroatoms. The first-order valence-electron chi connectivity index (χ1n) is 6.08. The standard InChI is InChI=1S/C15H18/c1-10-6-5-9-13-11(2)12-7-3-4-8-14(12)15(10)13/h3-4,7-8,11,13H,5-6,9H2,1-2H3/t11-,13+/m1/s1. The lowest BCUT2D eigenvalue weighted by atomic mass is 9.80. The van der Waals surface area contributed by atoms with Gasteiger partial charge in [0.05, 0.1) is 0 Å². The third kappa shape index (κ3) is 1.20. The van der Waals surface area contributed by atoms with E-state index in [0.29, 0.717) is 0 Å².